The molecule has 2 N–H and O–H groups in total. The minimum absolute atomic E-state index is 0.450. The molecule has 1 aliphatic rings. The molecule has 1 aliphatic heterocycles. The summed E-state index contributed by atoms with van der Waals surface area (Å²) in [5.74, 6) is 0.731. The Morgan fingerprint density at radius 3 is 2.58 bits per heavy atom. The molecular weight excluding hydrogens is 282 g/mol. The molecule has 0 aromatic heterocycles. The summed E-state index contributed by atoms with van der Waals surface area (Å²) in [6.45, 7) is 2.98. The van der Waals surface area contributed by atoms with E-state index in [2.05, 4.69) is 10.0 Å². The van der Waals surface area contributed by atoms with Crippen molar-refractivity contribution in [3.63, 3.8) is 0 Å². The molecular formula is C12H19N3O2S2. The lowest BCUT2D eigenvalue weighted by Gasteiger charge is -2.26. The highest BCUT2D eigenvalue weighted by Gasteiger charge is 2.22. The molecule has 1 fully saturated rings. The number of nitrogens with one attached hydrogen (secondary N) is 2. The maximum Gasteiger partial charge on any atom is 0.279 e. The first kappa shape index (κ1) is 14.8. The molecule has 1 saturated heterocycles. The van der Waals surface area contributed by atoms with Crippen molar-refractivity contribution in [3.8, 4) is 0 Å². The lowest BCUT2D eigenvalue weighted by molar-refractivity contribution is 0.355. The zero-order valence-corrected chi connectivity index (χ0v) is 12.3. The summed E-state index contributed by atoms with van der Waals surface area (Å²) in [5.41, 5.74) is 0. The lowest BCUT2D eigenvalue weighted by atomic mass is 10.4. The largest absolute Gasteiger partial charge is 0.314 e. The summed E-state index contributed by atoms with van der Waals surface area (Å²) < 4.78 is 28.1. The average molecular weight is 301 g/mol. The third-order valence-corrected chi connectivity index (χ3v) is 5.44. The molecule has 7 heteroatoms. The van der Waals surface area contributed by atoms with Gasteiger partial charge in [-0.3, -0.25) is 0 Å². The predicted octanol–water partition coefficient (Wildman–Crippen LogP) is 0.518. The van der Waals surface area contributed by atoms with Crippen molar-refractivity contribution in [1.82, 2.24) is 14.3 Å². The summed E-state index contributed by atoms with van der Waals surface area (Å²) in [7, 11) is -3.31. The Hall–Kier alpha value is -0.600. The highest BCUT2D eigenvalue weighted by molar-refractivity contribution is 7.99. The third kappa shape index (κ3) is 4.77. The van der Waals surface area contributed by atoms with Crippen LogP contribution in [0.5, 0.6) is 0 Å². The van der Waals surface area contributed by atoms with Crippen molar-refractivity contribution in [3.05, 3.63) is 30.3 Å². The van der Waals surface area contributed by atoms with E-state index in [1.54, 1.807) is 11.8 Å². The molecule has 0 aliphatic carbocycles. The fourth-order valence-corrected chi connectivity index (χ4v) is 3.96. The van der Waals surface area contributed by atoms with Crippen molar-refractivity contribution in [2.24, 2.45) is 0 Å². The van der Waals surface area contributed by atoms with Gasteiger partial charge in [0.05, 0.1) is 0 Å². The lowest BCUT2D eigenvalue weighted by Crippen LogP contribution is -2.50. The van der Waals surface area contributed by atoms with Crippen molar-refractivity contribution in [1.29, 1.82) is 0 Å². The zero-order chi connectivity index (χ0) is 13.6. The number of hydrogen-bond donors (Lipinski definition) is 2. The van der Waals surface area contributed by atoms with Crippen molar-refractivity contribution in [2.75, 3.05) is 38.5 Å². The van der Waals surface area contributed by atoms with E-state index in [0.29, 0.717) is 19.6 Å². The molecule has 0 spiro atoms. The second-order valence-corrected chi connectivity index (χ2v) is 7.13. The molecule has 1 heterocycles. The van der Waals surface area contributed by atoms with Crippen LogP contribution in [-0.4, -0.2) is 51.2 Å². The van der Waals surface area contributed by atoms with Gasteiger partial charge in [0.1, 0.15) is 0 Å². The molecule has 0 radical (unpaired) electrons. The number of hydrogen-bond acceptors (Lipinski definition) is 4. The molecule has 0 atom stereocenters. The average Bonchev–Trinajstić information content (AvgIpc) is 2.46. The molecule has 19 heavy (non-hydrogen) atoms. The normalized spacial score (nSPS) is 17.5. The monoisotopic (exact) mass is 301 g/mol. The maximum atomic E-state index is 12.0. The van der Waals surface area contributed by atoms with Gasteiger partial charge in [-0.15, -0.1) is 11.8 Å². The molecule has 1 aromatic rings. The smallest absolute Gasteiger partial charge is 0.279 e. The van der Waals surface area contributed by atoms with Crippen LogP contribution in [0.2, 0.25) is 0 Å². The number of nitrogens with zero attached hydrogens (tertiary/aromatic N) is 1. The van der Waals surface area contributed by atoms with E-state index in [9.17, 15) is 8.42 Å². The van der Waals surface area contributed by atoms with Crippen LogP contribution < -0.4 is 10.0 Å². The molecule has 5 nitrogen and oxygen atoms in total. The molecule has 2 rings (SSSR count). The van der Waals surface area contributed by atoms with Crippen LogP contribution in [0.25, 0.3) is 0 Å². The van der Waals surface area contributed by atoms with E-state index >= 15 is 0 Å². The van der Waals surface area contributed by atoms with Crippen LogP contribution >= 0.6 is 11.8 Å². The first-order valence-corrected chi connectivity index (χ1v) is 8.74. The van der Waals surface area contributed by atoms with E-state index in [1.165, 1.54) is 4.31 Å². The maximum absolute atomic E-state index is 12.0. The first-order valence-electron chi connectivity index (χ1n) is 6.32. The molecule has 106 valence electrons. The van der Waals surface area contributed by atoms with Crippen LogP contribution in [0.1, 0.15) is 0 Å². The number of piperazine rings is 1. The highest BCUT2D eigenvalue weighted by atomic mass is 32.2. The number of thioether (sulfide) groups is 1. The topological polar surface area (TPSA) is 61.4 Å². The number of rotatable bonds is 6. The zero-order valence-electron chi connectivity index (χ0n) is 10.7. The molecule has 0 amide bonds. The van der Waals surface area contributed by atoms with Gasteiger partial charge in [0.15, 0.2) is 0 Å². The van der Waals surface area contributed by atoms with Crippen LogP contribution in [0, 0.1) is 0 Å². The van der Waals surface area contributed by atoms with E-state index in [1.807, 2.05) is 30.3 Å². The van der Waals surface area contributed by atoms with Gasteiger partial charge in [-0.1, -0.05) is 18.2 Å². The molecule has 1 aromatic carbocycles. The Kier molecular flexibility index (Phi) is 5.65. The van der Waals surface area contributed by atoms with E-state index in [0.717, 1.165) is 23.7 Å². The standard InChI is InChI=1S/C12H19N3O2S2/c16-19(17,15-9-6-13-7-10-15)14-8-11-18-12-4-2-1-3-5-12/h1-5,13-14H,6-11H2. The van der Waals surface area contributed by atoms with Gasteiger partial charge in [-0.25, -0.2) is 4.72 Å². The van der Waals surface area contributed by atoms with Crippen LogP contribution in [-0.2, 0) is 10.2 Å². The quantitative estimate of drug-likeness (QED) is 0.594. The van der Waals surface area contributed by atoms with Gasteiger partial charge in [-0.05, 0) is 12.1 Å². The van der Waals surface area contributed by atoms with Gasteiger partial charge >= 0.3 is 0 Å². The fraction of sp³-hybridized carbons (Fsp3) is 0.500. The van der Waals surface area contributed by atoms with Gasteiger partial charge in [0.2, 0.25) is 0 Å². The van der Waals surface area contributed by atoms with Crippen LogP contribution in [0.3, 0.4) is 0 Å². The SMILES string of the molecule is O=S(=O)(NCCSc1ccccc1)N1CCNCC1. The van der Waals surface area contributed by atoms with Crippen LogP contribution in [0.4, 0.5) is 0 Å². The van der Waals surface area contributed by atoms with E-state index < -0.39 is 10.2 Å². The Balaban J connectivity index is 1.72. The van der Waals surface area contributed by atoms with Crippen molar-refractivity contribution in [2.45, 2.75) is 4.90 Å². The Morgan fingerprint density at radius 1 is 1.21 bits per heavy atom. The van der Waals surface area contributed by atoms with Crippen molar-refractivity contribution >= 4 is 22.0 Å². The summed E-state index contributed by atoms with van der Waals surface area (Å²) >= 11 is 1.65. The first-order chi connectivity index (χ1) is 9.18. The third-order valence-electron chi connectivity index (χ3n) is 2.81. The minimum Gasteiger partial charge on any atom is -0.314 e. The van der Waals surface area contributed by atoms with Crippen LogP contribution in [0.15, 0.2) is 35.2 Å². The highest BCUT2D eigenvalue weighted by Crippen LogP contribution is 2.15. The van der Waals surface area contributed by atoms with Crippen molar-refractivity contribution < 1.29 is 8.42 Å². The molecule has 0 saturated carbocycles. The molecule has 0 bridgehead atoms. The predicted molar refractivity (Wildman–Crippen MR) is 78.5 cm³/mol. The summed E-state index contributed by atoms with van der Waals surface area (Å²) in [6, 6.07) is 9.97. The minimum atomic E-state index is -3.31. The van der Waals surface area contributed by atoms with Gasteiger partial charge in [-0.2, -0.15) is 12.7 Å². The fourth-order valence-electron chi connectivity index (χ4n) is 1.83. The summed E-state index contributed by atoms with van der Waals surface area (Å²) in [4.78, 5) is 1.16. The van der Waals surface area contributed by atoms with Gasteiger partial charge in [0, 0.05) is 43.4 Å². The summed E-state index contributed by atoms with van der Waals surface area (Å²) in [6.07, 6.45) is 0. The van der Waals surface area contributed by atoms with E-state index in [-0.39, 0.29) is 0 Å². The van der Waals surface area contributed by atoms with Gasteiger partial charge in [0.25, 0.3) is 10.2 Å². The summed E-state index contributed by atoms with van der Waals surface area (Å²) in [5, 5.41) is 3.14. The van der Waals surface area contributed by atoms with E-state index in [4.69, 9.17) is 0 Å². The second-order valence-electron chi connectivity index (χ2n) is 4.21. The van der Waals surface area contributed by atoms with Gasteiger partial charge < -0.3 is 5.32 Å². The molecule has 0 unspecified atom stereocenters. The number of benzene rings is 1. The Labute approximate surface area is 118 Å². The Bertz CT molecular complexity index is 473. The Morgan fingerprint density at radius 2 is 1.89 bits per heavy atom. The second kappa shape index (κ2) is 7.25.